The number of ether oxygens (including phenoxy) is 2. The molecule has 0 saturated heterocycles. The number of aryl methyl sites for hydroxylation is 1. The minimum absolute atomic E-state index is 0.0907. The number of hydrogen-bond donors (Lipinski definition) is 0. The molecule has 0 spiro atoms. The molecular weight excluding hydrogens is 336 g/mol. The van der Waals surface area contributed by atoms with Crippen LogP contribution in [0.5, 0.6) is 0 Å². The van der Waals surface area contributed by atoms with Crippen LogP contribution in [-0.4, -0.2) is 36.7 Å². The summed E-state index contributed by atoms with van der Waals surface area (Å²) in [7, 11) is 0. The van der Waals surface area contributed by atoms with Crippen molar-refractivity contribution >= 4 is 23.5 Å². The van der Waals surface area contributed by atoms with Crippen LogP contribution in [0.25, 0.3) is 0 Å². The van der Waals surface area contributed by atoms with Gasteiger partial charge < -0.3 is 9.47 Å². The minimum atomic E-state index is -1.27. The fourth-order valence-electron chi connectivity index (χ4n) is 2.96. The van der Waals surface area contributed by atoms with Crippen LogP contribution in [-0.2, 0) is 28.7 Å². The lowest BCUT2D eigenvalue weighted by Crippen LogP contribution is -2.40. The van der Waals surface area contributed by atoms with Gasteiger partial charge in [0.05, 0.1) is 13.2 Å². The molecule has 1 rings (SSSR count). The Kier molecular flexibility index (Phi) is 8.16. The molecule has 26 heavy (non-hydrogen) atoms. The van der Waals surface area contributed by atoms with Gasteiger partial charge >= 0.3 is 11.9 Å². The zero-order valence-corrected chi connectivity index (χ0v) is 15.9. The minimum Gasteiger partial charge on any atom is -0.465 e. The first-order valence-electron chi connectivity index (χ1n) is 8.65. The van der Waals surface area contributed by atoms with E-state index in [1.807, 2.05) is 6.92 Å². The highest BCUT2D eigenvalue weighted by Crippen LogP contribution is 2.36. The number of benzene rings is 1. The summed E-state index contributed by atoms with van der Waals surface area (Å²) in [6.45, 7) is 7.84. The lowest BCUT2D eigenvalue weighted by atomic mass is 9.73. The molecule has 0 saturated carbocycles. The molecule has 0 aromatic heterocycles. The third-order valence-electron chi connectivity index (χ3n) is 4.14. The molecule has 6 nitrogen and oxygen atoms in total. The van der Waals surface area contributed by atoms with Gasteiger partial charge in [-0.05, 0) is 40.2 Å². The second kappa shape index (κ2) is 9.85. The molecule has 0 radical (unpaired) electrons. The fraction of sp³-hybridized carbons (Fsp3) is 0.500. The Balaban J connectivity index is 3.55. The zero-order chi connectivity index (χ0) is 19.9. The number of carbonyl (C=O) groups excluding carboxylic acids is 4. The largest absolute Gasteiger partial charge is 0.465 e. The van der Waals surface area contributed by atoms with Crippen LogP contribution >= 0.6 is 0 Å². The first-order valence-corrected chi connectivity index (χ1v) is 8.65. The Bertz CT molecular complexity index is 625. The van der Waals surface area contributed by atoms with E-state index in [0.29, 0.717) is 5.56 Å². The lowest BCUT2D eigenvalue weighted by Gasteiger charge is -2.29. The summed E-state index contributed by atoms with van der Waals surface area (Å²) in [5.41, 5.74) is 1.51. The maximum Gasteiger partial charge on any atom is 0.317 e. The van der Waals surface area contributed by atoms with E-state index in [1.165, 1.54) is 13.8 Å². The SMILES string of the molecule is CCOC(=O)C(C(C)=O)C(c1ccc(C)cc1)C(C(C)=O)C(=O)OCC. The maximum absolute atomic E-state index is 12.5. The zero-order valence-electron chi connectivity index (χ0n) is 15.9. The van der Waals surface area contributed by atoms with E-state index < -0.39 is 41.3 Å². The van der Waals surface area contributed by atoms with Gasteiger partial charge in [-0.25, -0.2) is 0 Å². The second-order valence-corrected chi connectivity index (χ2v) is 6.12. The van der Waals surface area contributed by atoms with Gasteiger partial charge in [-0.2, -0.15) is 0 Å². The lowest BCUT2D eigenvalue weighted by molar-refractivity contribution is -0.157. The van der Waals surface area contributed by atoms with Gasteiger partial charge in [0.1, 0.15) is 23.4 Å². The summed E-state index contributed by atoms with van der Waals surface area (Å²) in [4.78, 5) is 49.5. The molecule has 2 atom stereocenters. The van der Waals surface area contributed by atoms with Crippen molar-refractivity contribution in [2.75, 3.05) is 13.2 Å². The van der Waals surface area contributed by atoms with Crippen molar-refractivity contribution in [1.29, 1.82) is 0 Å². The molecule has 0 bridgehead atoms. The van der Waals surface area contributed by atoms with Gasteiger partial charge in [0.25, 0.3) is 0 Å². The van der Waals surface area contributed by atoms with Gasteiger partial charge in [0.2, 0.25) is 0 Å². The van der Waals surface area contributed by atoms with Crippen molar-refractivity contribution < 1.29 is 28.7 Å². The van der Waals surface area contributed by atoms with Crippen LogP contribution in [0, 0.1) is 18.8 Å². The third kappa shape index (κ3) is 5.25. The number of carbonyl (C=O) groups is 4. The summed E-state index contributed by atoms with van der Waals surface area (Å²) < 4.78 is 10.1. The molecule has 1 aromatic carbocycles. The average molecular weight is 362 g/mol. The molecule has 0 N–H and O–H groups in total. The first-order chi connectivity index (χ1) is 12.2. The Morgan fingerprint density at radius 3 is 1.50 bits per heavy atom. The van der Waals surface area contributed by atoms with E-state index in [1.54, 1.807) is 38.1 Å². The van der Waals surface area contributed by atoms with E-state index in [2.05, 4.69) is 0 Å². The monoisotopic (exact) mass is 362 g/mol. The fourth-order valence-corrected chi connectivity index (χ4v) is 2.96. The number of esters is 2. The van der Waals surface area contributed by atoms with Gasteiger partial charge in [-0.15, -0.1) is 0 Å². The molecule has 2 unspecified atom stereocenters. The van der Waals surface area contributed by atoms with Crippen molar-refractivity contribution in [2.45, 2.75) is 40.5 Å². The van der Waals surface area contributed by atoms with Crippen LogP contribution in [0.2, 0.25) is 0 Å². The summed E-state index contributed by atoms with van der Waals surface area (Å²) in [6, 6.07) is 7.02. The van der Waals surface area contributed by atoms with Crippen LogP contribution in [0.4, 0.5) is 0 Å². The maximum atomic E-state index is 12.5. The van der Waals surface area contributed by atoms with Crippen molar-refractivity contribution in [3.8, 4) is 0 Å². The number of rotatable bonds is 9. The smallest absolute Gasteiger partial charge is 0.317 e. The Morgan fingerprint density at radius 1 is 0.808 bits per heavy atom. The molecule has 0 aliphatic carbocycles. The molecule has 1 aromatic rings. The van der Waals surface area contributed by atoms with E-state index >= 15 is 0 Å². The quantitative estimate of drug-likeness (QED) is 0.496. The standard InChI is InChI=1S/C20H26O6/c1-6-25-19(23)16(13(4)21)18(15-10-8-12(3)9-11-15)17(14(5)22)20(24)26-7-2/h8-11,16-18H,6-7H2,1-5H3. The molecule has 0 aliphatic heterocycles. The van der Waals surface area contributed by atoms with Crippen molar-refractivity contribution in [2.24, 2.45) is 11.8 Å². The Labute approximate surface area is 153 Å². The van der Waals surface area contributed by atoms with Gasteiger partial charge in [0.15, 0.2) is 0 Å². The highest BCUT2D eigenvalue weighted by atomic mass is 16.5. The van der Waals surface area contributed by atoms with Crippen LogP contribution in [0.15, 0.2) is 24.3 Å². The highest BCUT2D eigenvalue weighted by molar-refractivity contribution is 6.04. The van der Waals surface area contributed by atoms with Crippen LogP contribution in [0.3, 0.4) is 0 Å². The number of Topliss-reactive ketones (excluding diaryl/α,β-unsaturated/α-hetero) is 2. The highest BCUT2D eigenvalue weighted by Gasteiger charge is 2.45. The molecule has 0 fully saturated rings. The van der Waals surface area contributed by atoms with Crippen molar-refractivity contribution in [3.63, 3.8) is 0 Å². The molecule has 0 heterocycles. The first kappa shape index (κ1) is 21.5. The van der Waals surface area contributed by atoms with Crippen molar-refractivity contribution in [1.82, 2.24) is 0 Å². The van der Waals surface area contributed by atoms with Crippen molar-refractivity contribution in [3.05, 3.63) is 35.4 Å². The Morgan fingerprint density at radius 2 is 1.19 bits per heavy atom. The van der Waals surface area contributed by atoms with E-state index in [0.717, 1.165) is 5.56 Å². The second-order valence-electron chi connectivity index (χ2n) is 6.12. The predicted octanol–water partition coefficient (Wildman–Crippen LogP) is 2.62. The van der Waals surface area contributed by atoms with Gasteiger partial charge in [0, 0.05) is 5.92 Å². The molecule has 0 amide bonds. The summed E-state index contributed by atoms with van der Waals surface area (Å²) in [5.74, 6) is -5.95. The summed E-state index contributed by atoms with van der Waals surface area (Å²) in [6.07, 6.45) is 0. The number of hydrogen-bond acceptors (Lipinski definition) is 6. The van der Waals surface area contributed by atoms with Crippen LogP contribution < -0.4 is 0 Å². The van der Waals surface area contributed by atoms with E-state index in [4.69, 9.17) is 9.47 Å². The topological polar surface area (TPSA) is 86.7 Å². The number of ketones is 2. The van der Waals surface area contributed by atoms with E-state index in [-0.39, 0.29) is 13.2 Å². The average Bonchev–Trinajstić information content (AvgIpc) is 2.55. The predicted molar refractivity (Wildman–Crippen MR) is 95.5 cm³/mol. The van der Waals surface area contributed by atoms with E-state index in [9.17, 15) is 19.2 Å². The molecular formula is C20H26O6. The normalized spacial score (nSPS) is 14.0. The summed E-state index contributed by atoms with van der Waals surface area (Å²) in [5, 5.41) is 0. The molecule has 6 heteroatoms. The summed E-state index contributed by atoms with van der Waals surface area (Å²) >= 11 is 0. The van der Waals surface area contributed by atoms with Crippen LogP contribution in [0.1, 0.15) is 44.7 Å². The Hall–Kier alpha value is -2.50. The van der Waals surface area contributed by atoms with Gasteiger partial charge in [-0.3, -0.25) is 19.2 Å². The third-order valence-corrected chi connectivity index (χ3v) is 4.14. The van der Waals surface area contributed by atoms with Gasteiger partial charge in [-0.1, -0.05) is 29.8 Å². The molecule has 142 valence electrons. The molecule has 0 aliphatic rings.